The number of methoxy groups -OCH3 is 1. The van der Waals surface area contributed by atoms with Gasteiger partial charge in [-0.2, -0.15) is 0 Å². The van der Waals surface area contributed by atoms with Crippen molar-refractivity contribution in [3.05, 3.63) is 59.1 Å². The lowest BCUT2D eigenvalue weighted by Gasteiger charge is -2.22. The van der Waals surface area contributed by atoms with Crippen LogP contribution in [0.5, 0.6) is 5.75 Å². The van der Waals surface area contributed by atoms with E-state index in [0.29, 0.717) is 11.3 Å². The standard InChI is InChI=1S/C19H23NO4/c1-13-10-17(14(2)24-13)19(3,22)12-20-18(21)9-8-15-6-5-7-16(11-15)23-4/h5-11,22H,12H2,1-4H3,(H,20,21)/b9-8+. The first kappa shape index (κ1) is 17.8. The Bertz CT molecular complexity index is 744. The zero-order valence-electron chi connectivity index (χ0n) is 14.4. The largest absolute Gasteiger partial charge is 0.497 e. The number of carbonyl (C=O) groups excluding carboxylic acids is 1. The van der Waals surface area contributed by atoms with Crippen molar-refractivity contribution in [2.75, 3.05) is 13.7 Å². The normalized spacial score (nSPS) is 13.7. The Hall–Kier alpha value is -2.53. The highest BCUT2D eigenvalue weighted by molar-refractivity contribution is 5.91. The van der Waals surface area contributed by atoms with Gasteiger partial charge in [-0.15, -0.1) is 0 Å². The van der Waals surface area contributed by atoms with Gasteiger partial charge < -0.3 is 19.6 Å². The first-order valence-electron chi connectivity index (χ1n) is 7.71. The quantitative estimate of drug-likeness (QED) is 0.799. The monoisotopic (exact) mass is 329 g/mol. The second kappa shape index (κ2) is 7.36. The maximum absolute atomic E-state index is 12.0. The number of hydrogen-bond acceptors (Lipinski definition) is 4. The molecule has 0 saturated carbocycles. The van der Waals surface area contributed by atoms with E-state index in [1.807, 2.05) is 31.2 Å². The molecule has 0 saturated heterocycles. The van der Waals surface area contributed by atoms with Crippen molar-refractivity contribution in [1.82, 2.24) is 5.32 Å². The van der Waals surface area contributed by atoms with Gasteiger partial charge >= 0.3 is 0 Å². The van der Waals surface area contributed by atoms with E-state index in [4.69, 9.17) is 9.15 Å². The number of benzene rings is 1. The van der Waals surface area contributed by atoms with Crippen LogP contribution in [0.4, 0.5) is 0 Å². The molecular formula is C19H23NO4. The fourth-order valence-electron chi connectivity index (χ4n) is 2.50. The summed E-state index contributed by atoms with van der Waals surface area (Å²) in [6.45, 7) is 5.35. The van der Waals surface area contributed by atoms with Gasteiger partial charge in [0.1, 0.15) is 22.9 Å². The van der Waals surface area contributed by atoms with Gasteiger partial charge in [0.05, 0.1) is 13.7 Å². The summed E-state index contributed by atoms with van der Waals surface area (Å²) >= 11 is 0. The van der Waals surface area contributed by atoms with Gasteiger partial charge in [0.25, 0.3) is 0 Å². The van der Waals surface area contributed by atoms with Crippen molar-refractivity contribution in [3.8, 4) is 5.75 Å². The summed E-state index contributed by atoms with van der Waals surface area (Å²) in [5, 5.41) is 13.3. The molecule has 0 fully saturated rings. The predicted octanol–water partition coefficient (Wildman–Crippen LogP) is 2.94. The molecule has 1 amide bonds. The molecule has 0 aliphatic rings. The van der Waals surface area contributed by atoms with Crippen LogP contribution in [0, 0.1) is 13.8 Å². The fraction of sp³-hybridized carbons (Fsp3) is 0.316. The first-order chi connectivity index (χ1) is 11.3. The molecule has 5 heteroatoms. The lowest BCUT2D eigenvalue weighted by molar-refractivity contribution is -0.117. The molecule has 1 atom stereocenters. The average Bonchev–Trinajstić information content (AvgIpc) is 2.90. The molecule has 2 rings (SSSR count). The summed E-state index contributed by atoms with van der Waals surface area (Å²) < 4.78 is 10.6. The van der Waals surface area contributed by atoms with Crippen molar-refractivity contribution in [3.63, 3.8) is 0 Å². The second-order valence-corrected chi connectivity index (χ2v) is 5.93. The van der Waals surface area contributed by atoms with Crippen LogP contribution in [0.3, 0.4) is 0 Å². The van der Waals surface area contributed by atoms with Gasteiger partial charge in [0, 0.05) is 11.6 Å². The van der Waals surface area contributed by atoms with Gasteiger partial charge in [0.15, 0.2) is 0 Å². The van der Waals surface area contributed by atoms with Crippen LogP contribution >= 0.6 is 0 Å². The fourth-order valence-corrected chi connectivity index (χ4v) is 2.50. The molecule has 2 N–H and O–H groups in total. The number of nitrogens with one attached hydrogen (secondary N) is 1. The number of hydrogen-bond donors (Lipinski definition) is 2. The topological polar surface area (TPSA) is 71.7 Å². The first-order valence-corrected chi connectivity index (χ1v) is 7.71. The SMILES string of the molecule is COc1cccc(/C=C/C(=O)NCC(C)(O)c2cc(C)oc2C)c1. The van der Waals surface area contributed by atoms with Crippen molar-refractivity contribution >= 4 is 12.0 Å². The molecule has 1 heterocycles. The summed E-state index contributed by atoms with van der Waals surface area (Å²) in [6.07, 6.45) is 3.12. The number of furan rings is 1. The maximum atomic E-state index is 12.0. The number of aliphatic hydroxyl groups is 1. The highest BCUT2D eigenvalue weighted by atomic mass is 16.5. The summed E-state index contributed by atoms with van der Waals surface area (Å²) in [6, 6.07) is 9.18. The molecule has 2 aromatic rings. The lowest BCUT2D eigenvalue weighted by atomic mass is 9.96. The van der Waals surface area contributed by atoms with E-state index in [0.717, 1.165) is 17.1 Å². The van der Waals surface area contributed by atoms with Crippen molar-refractivity contribution in [2.24, 2.45) is 0 Å². The third-order valence-electron chi connectivity index (χ3n) is 3.75. The van der Waals surface area contributed by atoms with E-state index in [2.05, 4.69) is 5.32 Å². The number of aryl methyl sites for hydroxylation is 2. The molecular weight excluding hydrogens is 306 g/mol. The highest BCUT2D eigenvalue weighted by Gasteiger charge is 2.27. The van der Waals surface area contributed by atoms with E-state index in [-0.39, 0.29) is 12.5 Å². The van der Waals surface area contributed by atoms with Crippen LogP contribution in [0.2, 0.25) is 0 Å². The molecule has 0 aliphatic carbocycles. The Morgan fingerprint density at radius 2 is 2.12 bits per heavy atom. The third kappa shape index (κ3) is 4.49. The van der Waals surface area contributed by atoms with E-state index in [1.165, 1.54) is 6.08 Å². The van der Waals surface area contributed by atoms with Crippen LogP contribution < -0.4 is 10.1 Å². The van der Waals surface area contributed by atoms with Crippen LogP contribution in [-0.4, -0.2) is 24.7 Å². The third-order valence-corrected chi connectivity index (χ3v) is 3.75. The minimum absolute atomic E-state index is 0.0914. The van der Waals surface area contributed by atoms with Crippen LogP contribution in [-0.2, 0) is 10.4 Å². The second-order valence-electron chi connectivity index (χ2n) is 5.93. The minimum Gasteiger partial charge on any atom is -0.497 e. The van der Waals surface area contributed by atoms with E-state index in [9.17, 15) is 9.90 Å². The molecule has 128 valence electrons. The average molecular weight is 329 g/mol. The molecule has 1 unspecified atom stereocenters. The van der Waals surface area contributed by atoms with Gasteiger partial charge in [-0.05, 0) is 50.6 Å². The summed E-state index contributed by atoms with van der Waals surface area (Å²) in [5.41, 5.74) is 0.344. The molecule has 24 heavy (non-hydrogen) atoms. The van der Waals surface area contributed by atoms with Crippen molar-refractivity contribution in [2.45, 2.75) is 26.4 Å². The Morgan fingerprint density at radius 1 is 1.38 bits per heavy atom. The van der Waals surface area contributed by atoms with E-state index in [1.54, 1.807) is 33.1 Å². The lowest BCUT2D eigenvalue weighted by Crippen LogP contribution is -2.38. The predicted molar refractivity (Wildman–Crippen MR) is 92.8 cm³/mol. The summed E-state index contributed by atoms with van der Waals surface area (Å²) in [7, 11) is 1.59. The molecule has 0 bridgehead atoms. The number of rotatable bonds is 6. The Morgan fingerprint density at radius 3 is 2.75 bits per heavy atom. The maximum Gasteiger partial charge on any atom is 0.244 e. The van der Waals surface area contributed by atoms with E-state index < -0.39 is 5.60 Å². The molecule has 0 spiro atoms. The van der Waals surface area contributed by atoms with Gasteiger partial charge in [-0.25, -0.2) is 0 Å². The van der Waals surface area contributed by atoms with Crippen LogP contribution in [0.1, 0.15) is 29.6 Å². The van der Waals surface area contributed by atoms with Gasteiger partial charge in [-0.3, -0.25) is 4.79 Å². The number of amides is 1. The smallest absolute Gasteiger partial charge is 0.244 e. The molecule has 5 nitrogen and oxygen atoms in total. The van der Waals surface area contributed by atoms with E-state index >= 15 is 0 Å². The Labute approximate surface area is 141 Å². The van der Waals surface area contributed by atoms with Crippen molar-refractivity contribution < 1.29 is 19.1 Å². The molecule has 1 aromatic carbocycles. The minimum atomic E-state index is -1.19. The number of ether oxygens (including phenoxy) is 1. The molecule has 1 aromatic heterocycles. The molecule has 0 radical (unpaired) electrons. The Balaban J connectivity index is 1.97. The number of carbonyl (C=O) groups is 1. The highest BCUT2D eigenvalue weighted by Crippen LogP contribution is 2.26. The zero-order chi connectivity index (χ0) is 17.7. The zero-order valence-corrected chi connectivity index (χ0v) is 14.4. The van der Waals surface area contributed by atoms with Crippen LogP contribution in [0.25, 0.3) is 6.08 Å². The Kier molecular flexibility index (Phi) is 5.46. The van der Waals surface area contributed by atoms with Gasteiger partial charge in [0.2, 0.25) is 5.91 Å². The summed E-state index contributed by atoms with van der Waals surface area (Å²) in [5.74, 6) is 1.83. The molecule has 0 aliphatic heterocycles. The summed E-state index contributed by atoms with van der Waals surface area (Å²) in [4.78, 5) is 12.0. The van der Waals surface area contributed by atoms with Gasteiger partial charge in [-0.1, -0.05) is 12.1 Å². The van der Waals surface area contributed by atoms with Crippen LogP contribution in [0.15, 0.2) is 40.8 Å². The van der Waals surface area contributed by atoms with Crippen molar-refractivity contribution in [1.29, 1.82) is 0 Å².